The summed E-state index contributed by atoms with van der Waals surface area (Å²) in [6, 6.07) is 9.74. The molecule has 1 heterocycles. The molecule has 6 heteroatoms. The molecular weight excluding hydrogens is 230 g/mol. The molecule has 0 aliphatic heterocycles. The summed E-state index contributed by atoms with van der Waals surface area (Å²) in [7, 11) is 1.68. The van der Waals surface area contributed by atoms with Crippen molar-refractivity contribution < 1.29 is 4.74 Å². The standard InChI is InChI=1S/C12H17N5O/c1-12(2,18-3)9-13-11-14-15-16-17(11)10-7-5-4-6-8-10/h4-8H,9H2,1-3H3,(H,13,14,16). The third-order valence-corrected chi connectivity index (χ3v) is 2.70. The van der Waals surface area contributed by atoms with Gasteiger partial charge in [-0.1, -0.05) is 23.3 Å². The Morgan fingerprint density at radius 1 is 1.28 bits per heavy atom. The van der Waals surface area contributed by atoms with Gasteiger partial charge >= 0.3 is 0 Å². The van der Waals surface area contributed by atoms with Crippen molar-refractivity contribution >= 4 is 5.95 Å². The molecule has 0 saturated heterocycles. The van der Waals surface area contributed by atoms with Gasteiger partial charge in [-0.2, -0.15) is 4.68 Å². The lowest BCUT2D eigenvalue weighted by Gasteiger charge is -2.23. The fourth-order valence-electron chi connectivity index (χ4n) is 1.40. The number of aromatic nitrogens is 4. The molecule has 0 aliphatic rings. The fourth-order valence-corrected chi connectivity index (χ4v) is 1.40. The van der Waals surface area contributed by atoms with Crippen LogP contribution in [0, 0.1) is 0 Å². The average molecular weight is 247 g/mol. The molecule has 2 rings (SSSR count). The Kier molecular flexibility index (Phi) is 3.57. The van der Waals surface area contributed by atoms with Crippen LogP contribution < -0.4 is 5.32 Å². The van der Waals surface area contributed by atoms with Gasteiger partial charge in [0, 0.05) is 13.7 Å². The van der Waals surface area contributed by atoms with Gasteiger partial charge in [0.15, 0.2) is 0 Å². The highest BCUT2D eigenvalue weighted by Crippen LogP contribution is 2.13. The minimum Gasteiger partial charge on any atom is -0.377 e. The first-order chi connectivity index (χ1) is 8.62. The Hall–Kier alpha value is -1.95. The summed E-state index contributed by atoms with van der Waals surface area (Å²) in [5, 5.41) is 14.8. The van der Waals surface area contributed by atoms with Gasteiger partial charge in [-0.25, -0.2) is 0 Å². The van der Waals surface area contributed by atoms with E-state index in [1.165, 1.54) is 0 Å². The Morgan fingerprint density at radius 3 is 2.67 bits per heavy atom. The minimum absolute atomic E-state index is 0.270. The number of rotatable bonds is 5. The number of tetrazole rings is 1. The molecule has 18 heavy (non-hydrogen) atoms. The Labute approximate surface area is 106 Å². The lowest BCUT2D eigenvalue weighted by molar-refractivity contribution is 0.0342. The molecule has 6 nitrogen and oxygen atoms in total. The molecule has 0 spiro atoms. The van der Waals surface area contributed by atoms with Crippen molar-refractivity contribution in [3.63, 3.8) is 0 Å². The summed E-state index contributed by atoms with van der Waals surface area (Å²) >= 11 is 0. The lowest BCUT2D eigenvalue weighted by atomic mass is 10.1. The summed E-state index contributed by atoms with van der Waals surface area (Å²) in [4.78, 5) is 0. The number of nitrogens with zero attached hydrogens (tertiary/aromatic N) is 4. The van der Waals surface area contributed by atoms with Gasteiger partial charge in [0.25, 0.3) is 0 Å². The zero-order valence-corrected chi connectivity index (χ0v) is 10.8. The second-order valence-electron chi connectivity index (χ2n) is 4.57. The second kappa shape index (κ2) is 5.14. The summed E-state index contributed by atoms with van der Waals surface area (Å²) < 4.78 is 7.00. The highest BCUT2D eigenvalue weighted by Gasteiger charge is 2.17. The largest absolute Gasteiger partial charge is 0.377 e. The molecule has 0 bridgehead atoms. The van der Waals surface area contributed by atoms with Crippen LogP contribution in [0.3, 0.4) is 0 Å². The molecule has 1 aromatic heterocycles. The number of anilines is 1. The van der Waals surface area contributed by atoms with E-state index in [0.29, 0.717) is 12.5 Å². The quantitative estimate of drug-likeness (QED) is 0.867. The van der Waals surface area contributed by atoms with E-state index in [2.05, 4.69) is 20.8 Å². The molecule has 96 valence electrons. The van der Waals surface area contributed by atoms with Crippen LogP contribution in [0.5, 0.6) is 0 Å². The molecule has 0 unspecified atom stereocenters. The maximum atomic E-state index is 5.34. The highest BCUT2D eigenvalue weighted by atomic mass is 16.5. The van der Waals surface area contributed by atoms with Crippen molar-refractivity contribution in [2.24, 2.45) is 0 Å². The van der Waals surface area contributed by atoms with E-state index >= 15 is 0 Å². The number of hydrogen-bond donors (Lipinski definition) is 1. The molecular formula is C12H17N5O. The predicted molar refractivity (Wildman–Crippen MR) is 68.7 cm³/mol. The molecule has 0 fully saturated rings. The zero-order valence-electron chi connectivity index (χ0n) is 10.8. The number of methoxy groups -OCH3 is 1. The van der Waals surface area contributed by atoms with Gasteiger partial charge in [-0.15, -0.1) is 0 Å². The first-order valence-electron chi connectivity index (χ1n) is 5.75. The summed E-state index contributed by atoms with van der Waals surface area (Å²) in [6.45, 7) is 4.62. The smallest absolute Gasteiger partial charge is 0.247 e. The van der Waals surface area contributed by atoms with Crippen molar-refractivity contribution in [1.29, 1.82) is 0 Å². The molecule has 1 aromatic carbocycles. The van der Waals surface area contributed by atoms with E-state index in [4.69, 9.17) is 4.74 Å². The fraction of sp³-hybridized carbons (Fsp3) is 0.417. The zero-order chi connectivity index (χ0) is 13.0. The van der Waals surface area contributed by atoms with Crippen LogP contribution >= 0.6 is 0 Å². The topological polar surface area (TPSA) is 64.9 Å². The normalized spacial score (nSPS) is 11.5. The molecule has 0 radical (unpaired) electrons. The Bertz CT molecular complexity index is 494. The number of benzene rings is 1. The van der Waals surface area contributed by atoms with E-state index in [-0.39, 0.29) is 5.60 Å². The first kappa shape index (κ1) is 12.5. The van der Waals surface area contributed by atoms with Gasteiger partial charge in [0.1, 0.15) is 0 Å². The van der Waals surface area contributed by atoms with Gasteiger partial charge < -0.3 is 10.1 Å². The summed E-state index contributed by atoms with van der Waals surface area (Å²) in [6.07, 6.45) is 0. The van der Waals surface area contributed by atoms with E-state index in [1.807, 2.05) is 44.2 Å². The molecule has 1 N–H and O–H groups in total. The molecule has 2 aromatic rings. The van der Waals surface area contributed by atoms with Crippen molar-refractivity contribution in [2.45, 2.75) is 19.4 Å². The Balaban J connectivity index is 2.14. The van der Waals surface area contributed by atoms with Crippen LogP contribution in [0.1, 0.15) is 13.8 Å². The monoisotopic (exact) mass is 247 g/mol. The van der Waals surface area contributed by atoms with Gasteiger partial charge in [-0.05, 0) is 36.4 Å². The van der Waals surface area contributed by atoms with E-state index in [9.17, 15) is 0 Å². The number of nitrogens with one attached hydrogen (secondary N) is 1. The van der Waals surface area contributed by atoms with E-state index in [1.54, 1.807) is 11.8 Å². The minimum atomic E-state index is -0.270. The van der Waals surface area contributed by atoms with Gasteiger partial charge in [-0.3, -0.25) is 0 Å². The van der Waals surface area contributed by atoms with Crippen LogP contribution in [0.2, 0.25) is 0 Å². The third kappa shape index (κ3) is 2.84. The van der Waals surface area contributed by atoms with Crippen molar-refractivity contribution in [3.8, 4) is 5.69 Å². The van der Waals surface area contributed by atoms with Crippen molar-refractivity contribution in [2.75, 3.05) is 19.0 Å². The van der Waals surface area contributed by atoms with Crippen LogP contribution in [0.4, 0.5) is 5.95 Å². The van der Waals surface area contributed by atoms with Crippen LogP contribution in [0.25, 0.3) is 5.69 Å². The molecule has 0 atom stereocenters. The Morgan fingerprint density at radius 2 is 2.00 bits per heavy atom. The SMILES string of the molecule is COC(C)(C)CNc1nnnn1-c1ccccc1. The van der Waals surface area contributed by atoms with Crippen LogP contribution in [-0.4, -0.2) is 39.5 Å². The number of ether oxygens (including phenoxy) is 1. The molecule has 0 amide bonds. The first-order valence-corrected chi connectivity index (χ1v) is 5.75. The molecule has 0 saturated carbocycles. The van der Waals surface area contributed by atoms with Crippen LogP contribution in [-0.2, 0) is 4.74 Å². The lowest BCUT2D eigenvalue weighted by Crippen LogP contribution is -2.32. The molecule has 0 aliphatic carbocycles. The van der Waals surface area contributed by atoms with Crippen LogP contribution in [0.15, 0.2) is 30.3 Å². The van der Waals surface area contributed by atoms with Gasteiger partial charge in [0.05, 0.1) is 11.3 Å². The van der Waals surface area contributed by atoms with Crippen molar-refractivity contribution in [3.05, 3.63) is 30.3 Å². The summed E-state index contributed by atoms with van der Waals surface area (Å²) in [5.74, 6) is 0.603. The predicted octanol–water partition coefficient (Wildman–Crippen LogP) is 1.50. The maximum absolute atomic E-state index is 5.34. The third-order valence-electron chi connectivity index (χ3n) is 2.70. The van der Waals surface area contributed by atoms with E-state index in [0.717, 1.165) is 5.69 Å². The highest BCUT2D eigenvalue weighted by molar-refractivity contribution is 5.38. The van der Waals surface area contributed by atoms with Gasteiger partial charge in [0.2, 0.25) is 5.95 Å². The number of para-hydroxylation sites is 1. The second-order valence-corrected chi connectivity index (χ2v) is 4.57. The van der Waals surface area contributed by atoms with Crippen molar-refractivity contribution in [1.82, 2.24) is 20.2 Å². The average Bonchev–Trinajstić information content (AvgIpc) is 2.86. The summed E-state index contributed by atoms with van der Waals surface area (Å²) in [5.41, 5.74) is 0.647. The number of hydrogen-bond acceptors (Lipinski definition) is 5. The maximum Gasteiger partial charge on any atom is 0.247 e. The van der Waals surface area contributed by atoms with E-state index < -0.39 is 0 Å².